The maximum absolute atomic E-state index is 11.1. The molecule has 0 spiro atoms. The Balaban J connectivity index is 1.98. The van der Waals surface area contributed by atoms with Crippen LogP contribution in [0.2, 0.25) is 0 Å². The number of benzene rings is 1. The van der Waals surface area contributed by atoms with Gasteiger partial charge in [0, 0.05) is 18.7 Å². The summed E-state index contributed by atoms with van der Waals surface area (Å²) in [5.41, 5.74) is 1.60. The van der Waals surface area contributed by atoms with Crippen LogP contribution in [0.3, 0.4) is 0 Å². The minimum Gasteiger partial charge on any atom is -0.482 e. The quantitative estimate of drug-likeness (QED) is 0.774. The Labute approximate surface area is 99.4 Å². The van der Waals surface area contributed by atoms with Crippen molar-refractivity contribution in [2.75, 3.05) is 23.8 Å². The van der Waals surface area contributed by atoms with Crippen molar-refractivity contribution in [1.82, 2.24) is 0 Å². The number of fused-ring (bicyclic) bond motifs is 1. The highest BCUT2D eigenvalue weighted by Gasteiger charge is 2.15. The third kappa shape index (κ3) is 2.88. The van der Waals surface area contributed by atoms with Crippen LogP contribution in [0.4, 0.5) is 11.4 Å². The van der Waals surface area contributed by atoms with Crippen molar-refractivity contribution in [1.29, 1.82) is 5.26 Å². The summed E-state index contributed by atoms with van der Waals surface area (Å²) in [7, 11) is 0. The first-order valence-corrected chi connectivity index (χ1v) is 5.47. The van der Waals surface area contributed by atoms with Crippen LogP contribution in [-0.4, -0.2) is 19.1 Å². The van der Waals surface area contributed by atoms with Crippen LogP contribution in [0.15, 0.2) is 18.2 Å². The summed E-state index contributed by atoms with van der Waals surface area (Å²) in [5.74, 6) is 0.548. The van der Waals surface area contributed by atoms with Crippen LogP contribution < -0.4 is 15.4 Å². The van der Waals surface area contributed by atoms with Gasteiger partial charge in [-0.3, -0.25) is 4.79 Å². The number of hydrogen-bond donors (Lipinski definition) is 2. The lowest BCUT2D eigenvalue weighted by Crippen LogP contribution is -2.25. The second kappa shape index (κ2) is 5.21. The van der Waals surface area contributed by atoms with Crippen LogP contribution in [0.5, 0.6) is 5.75 Å². The zero-order chi connectivity index (χ0) is 12.1. The SMILES string of the molecule is N#CCCCNc1ccc2c(c1)NC(=O)CO2. The summed E-state index contributed by atoms with van der Waals surface area (Å²) in [6, 6.07) is 7.64. The summed E-state index contributed by atoms with van der Waals surface area (Å²) >= 11 is 0. The van der Waals surface area contributed by atoms with E-state index >= 15 is 0 Å². The van der Waals surface area contributed by atoms with Crippen molar-refractivity contribution >= 4 is 17.3 Å². The Morgan fingerprint density at radius 1 is 1.53 bits per heavy atom. The number of unbranched alkanes of at least 4 members (excludes halogenated alkanes) is 1. The van der Waals surface area contributed by atoms with Gasteiger partial charge in [-0.25, -0.2) is 0 Å². The number of ether oxygens (including phenoxy) is 1. The molecule has 1 aliphatic heterocycles. The molecule has 17 heavy (non-hydrogen) atoms. The van der Waals surface area contributed by atoms with E-state index in [0.717, 1.165) is 18.7 Å². The van der Waals surface area contributed by atoms with Gasteiger partial charge in [0.15, 0.2) is 6.61 Å². The summed E-state index contributed by atoms with van der Waals surface area (Å²) in [5, 5.41) is 14.3. The molecule has 0 atom stereocenters. The van der Waals surface area contributed by atoms with Gasteiger partial charge in [0.2, 0.25) is 0 Å². The first kappa shape index (κ1) is 11.3. The van der Waals surface area contributed by atoms with Gasteiger partial charge in [-0.15, -0.1) is 0 Å². The molecular weight excluding hydrogens is 218 g/mol. The van der Waals surface area contributed by atoms with Crippen molar-refractivity contribution in [3.05, 3.63) is 18.2 Å². The second-order valence-corrected chi connectivity index (χ2v) is 3.74. The van der Waals surface area contributed by atoms with Crippen LogP contribution in [0, 0.1) is 11.3 Å². The number of hydrogen-bond acceptors (Lipinski definition) is 4. The molecule has 0 saturated carbocycles. The molecule has 1 heterocycles. The first-order valence-electron chi connectivity index (χ1n) is 5.47. The lowest BCUT2D eigenvalue weighted by atomic mass is 10.2. The smallest absolute Gasteiger partial charge is 0.262 e. The lowest BCUT2D eigenvalue weighted by molar-refractivity contribution is -0.118. The van der Waals surface area contributed by atoms with Crippen LogP contribution >= 0.6 is 0 Å². The standard InChI is InChI=1S/C12H13N3O2/c13-5-1-2-6-14-9-3-4-11-10(7-9)15-12(16)8-17-11/h3-4,7,14H,1-2,6,8H2,(H,15,16). The maximum Gasteiger partial charge on any atom is 0.262 e. The average molecular weight is 231 g/mol. The van der Waals surface area contributed by atoms with E-state index < -0.39 is 0 Å². The summed E-state index contributed by atoms with van der Waals surface area (Å²) in [6.07, 6.45) is 1.34. The van der Waals surface area contributed by atoms with E-state index in [9.17, 15) is 4.79 Å². The molecule has 88 valence electrons. The fourth-order valence-corrected chi connectivity index (χ4v) is 1.59. The highest BCUT2D eigenvalue weighted by molar-refractivity contribution is 5.95. The first-order chi connectivity index (χ1) is 8.29. The monoisotopic (exact) mass is 231 g/mol. The van der Waals surface area contributed by atoms with E-state index in [2.05, 4.69) is 16.7 Å². The van der Waals surface area contributed by atoms with Gasteiger partial charge in [0.1, 0.15) is 5.75 Å². The zero-order valence-corrected chi connectivity index (χ0v) is 9.32. The Bertz CT molecular complexity index is 465. The number of carbonyl (C=O) groups is 1. The van der Waals surface area contributed by atoms with Crippen molar-refractivity contribution in [2.24, 2.45) is 0 Å². The average Bonchev–Trinajstić information content (AvgIpc) is 2.34. The topological polar surface area (TPSA) is 74.2 Å². The van der Waals surface area contributed by atoms with Crippen LogP contribution in [0.25, 0.3) is 0 Å². The molecule has 2 N–H and O–H groups in total. The van der Waals surface area contributed by atoms with Gasteiger partial charge in [0.25, 0.3) is 5.91 Å². The molecule has 1 aliphatic rings. The highest BCUT2D eigenvalue weighted by Crippen LogP contribution is 2.30. The second-order valence-electron chi connectivity index (χ2n) is 3.74. The zero-order valence-electron chi connectivity index (χ0n) is 9.32. The summed E-state index contributed by atoms with van der Waals surface area (Å²) in [4.78, 5) is 11.1. The van der Waals surface area contributed by atoms with Crippen LogP contribution in [-0.2, 0) is 4.79 Å². The van der Waals surface area contributed by atoms with E-state index in [1.54, 1.807) is 0 Å². The van der Waals surface area contributed by atoms with Gasteiger partial charge in [-0.2, -0.15) is 5.26 Å². The van der Waals surface area contributed by atoms with Crippen LogP contribution in [0.1, 0.15) is 12.8 Å². The minimum absolute atomic E-state index is 0.0714. The molecule has 5 nitrogen and oxygen atoms in total. The van der Waals surface area contributed by atoms with Crippen molar-refractivity contribution < 1.29 is 9.53 Å². The molecule has 0 saturated heterocycles. The van der Waals surface area contributed by atoms with E-state index in [-0.39, 0.29) is 12.5 Å². The van der Waals surface area contributed by atoms with E-state index in [1.807, 2.05) is 18.2 Å². The van der Waals surface area contributed by atoms with E-state index in [0.29, 0.717) is 17.9 Å². The normalized spacial score (nSPS) is 13.0. The largest absolute Gasteiger partial charge is 0.482 e. The van der Waals surface area contributed by atoms with E-state index in [1.165, 1.54) is 0 Å². The molecule has 5 heteroatoms. The van der Waals surface area contributed by atoms with Crippen molar-refractivity contribution in [2.45, 2.75) is 12.8 Å². The molecular formula is C12H13N3O2. The molecule has 1 amide bonds. The number of amides is 1. The minimum atomic E-state index is -0.140. The maximum atomic E-state index is 11.1. The molecule has 0 unspecified atom stereocenters. The Hall–Kier alpha value is -2.22. The fourth-order valence-electron chi connectivity index (χ4n) is 1.59. The molecule has 0 bridgehead atoms. The van der Waals surface area contributed by atoms with Crippen molar-refractivity contribution in [3.63, 3.8) is 0 Å². The molecule has 0 aromatic heterocycles. The summed E-state index contributed by atoms with van der Waals surface area (Å²) < 4.78 is 5.25. The number of anilines is 2. The number of nitrogens with one attached hydrogen (secondary N) is 2. The predicted molar refractivity (Wildman–Crippen MR) is 63.9 cm³/mol. The molecule has 0 aliphatic carbocycles. The van der Waals surface area contributed by atoms with Gasteiger partial charge in [-0.05, 0) is 24.6 Å². The Kier molecular flexibility index (Phi) is 3.46. The summed E-state index contributed by atoms with van der Waals surface area (Å²) in [6.45, 7) is 0.809. The van der Waals surface area contributed by atoms with Gasteiger partial charge >= 0.3 is 0 Å². The third-order valence-corrected chi connectivity index (χ3v) is 2.41. The lowest BCUT2D eigenvalue weighted by Gasteiger charge is -2.18. The predicted octanol–water partition coefficient (Wildman–Crippen LogP) is 1.73. The molecule has 2 rings (SSSR count). The number of rotatable bonds is 4. The molecule has 1 aromatic carbocycles. The number of nitrogens with zero attached hydrogens (tertiary/aromatic N) is 1. The fraction of sp³-hybridized carbons (Fsp3) is 0.333. The molecule has 1 aromatic rings. The van der Waals surface area contributed by atoms with Gasteiger partial charge < -0.3 is 15.4 Å². The number of carbonyl (C=O) groups excluding carboxylic acids is 1. The number of nitriles is 1. The van der Waals surface area contributed by atoms with Gasteiger partial charge in [0.05, 0.1) is 11.8 Å². The van der Waals surface area contributed by atoms with E-state index in [4.69, 9.17) is 10.00 Å². The highest BCUT2D eigenvalue weighted by atomic mass is 16.5. The van der Waals surface area contributed by atoms with Crippen molar-refractivity contribution in [3.8, 4) is 11.8 Å². The molecule has 0 radical (unpaired) electrons. The Morgan fingerprint density at radius 2 is 2.41 bits per heavy atom. The molecule has 0 fully saturated rings. The Morgan fingerprint density at radius 3 is 3.24 bits per heavy atom. The third-order valence-electron chi connectivity index (χ3n) is 2.41. The van der Waals surface area contributed by atoms with Gasteiger partial charge in [-0.1, -0.05) is 0 Å².